The van der Waals surface area contributed by atoms with E-state index in [1.54, 1.807) is 21.1 Å². The zero-order chi connectivity index (χ0) is 10.1. The third-order valence-corrected chi connectivity index (χ3v) is 3.31. The number of rotatable bonds is 2. The van der Waals surface area contributed by atoms with Crippen LogP contribution in [0.25, 0.3) is 0 Å². The molecule has 0 aromatic rings. The minimum atomic E-state index is -0.881. The van der Waals surface area contributed by atoms with Gasteiger partial charge >= 0.3 is 0 Å². The van der Waals surface area contributed by atoms with Gasteiger partial charge in [0.25, 0.3) is 0 Å². The molecule has 0 heterocycles. The summed E-state index contributed by atoms with van der Waals surface area (Å²) in [5.74, 6) is -0.600. The maximum absolute atomic E-state index is 10.2. The molecule has 1 fully saturated rings. The second-order valence-corrected chi connectivity index (χ2v) is 4.14. The highest BCUT2D eigenvalue weighted by atomic mass is 16.7. The minimum Gasteiger partial charge on any atom is -0.385 e. The van der Waals surface area contributed by atoms with E-state index < -0.39 is 11.4 Å². The second-order valence-electron chi connectivity index (χ2n) is 4.14. The Hall–Kier alpha value is -0.120. The van der Waals surface area contributed by atoms with Crippen LogP contribution in [-0.2, 0) is 9.47 Å². The molecule has 0 aromatic heterocycles. The molecule has 78 valence electrons. The van der Waals surface area contributed by atoms with Gasteiger partial charge in [0.15, 0.2) is 5.79 Å². The molecule has 2 unspecified atom stereocenters. The van der Waals surface area contributed by atoms with Crippen LogP contribution in [0.5, 0.6) is 0 Å². The Labute approximate surface area is 80.0 Å². The van der Waals surface area contributed by atoms with Crippen molar-refractivity contribution < 1.29 is 14.6 Å². The van der Waals surface area contributed by atoms with Gasteiger partial charge in [-0.15, -0.1) is 0 Å². The highest BCUT2D eigenvalue weighted by Crippen LogP contribution is 2.43. The molecule has 3 nitrogen and oxygen atoms in total. The van der Waals surface area contributed by atoms with Crippen molar-refractivity contribution in [1.82, 2.24) is 0 Å². The molecular weight excluding hydrogens is 168 g/mol. The molecule has 3 heteroatoms. The summed E-state index contributed by atoms with van der Waals surface area (Å²) in [5, 5.41) is 10.2. The molecule has 0 radical (unpaired) electrons. The van der Waals surface area contributed by atoms with Gasteiger partial charge in [0.1, 0.15) is 5.60 Å². The molecule has 0 aliphatic heterocycles. The van der Waals surface area contributed by atoms with E-state index in [0.29, 0.717) is 0 Å². The van der Waals surface area contributed by atoms with E-state index in [2.05, 4.69) is 6.92 Å². The molecular formula is C10H20O3. The lowest BCUT2D eigenvalue weighted by atomic mass is 9.74. The Morgan fingerprint density at radius 2 is 1.85 bits per heavy atom. The van der Waals surface area contributed by atoms with Crippen LogP contribution in [0.3, 0.4) is 0 Å². The Morgan fingerprint density at radius 1 is 1.31 bits per heavy atom. The van der Waals surface area contributed by atoms with Gasteiger partial charge in [-0.3, -0.25) is 0 Å². The molecule has 2 atom stereocenters. The largest absolute Gasteiger partial charge is 0.385 e. The quantitative estimate of drug-likeness (QED) is 0.668. The van der Waals surface area contributed by atoms with Crippen molar-refractivity contribution in [3.63, 3.8) is 0 Å². The van der Waals surface area contributed by atoms with Crippen LogP contribution < -0.4 is 0 Å². The summed E-state index contributed by atoms with van der Waals surface area (Å²) < 4.78 is 10.8. The van der Waals surface area contributed by atoms with Crippen molar-refractivity contribution in [3.8, 4) is 0 Å². The highest BCUT2D eigenvalue weighted by molar-refractivity contribution is 4.98. The van der Waals surface area contributed by atoms with Gasteiger partial charge in [-0.2, -0.15) is 0 Å². The number of aliphatic hydroxyl groups is 1. The molecule has 0 amide bonds. The Bertz CT molecular complexity index is 173. The molecule has 1 aliphatic rings. The maximum Gasteiger partial charge on any atom is 0.199 e. The maximum atomic E-state index is 10.2. The van der Waals surface area contributed by atoms with Crippen molar-refractivity contribution in [2.24, 2.45) is 5.92 Å². The van der Waals surface area contributed by atoms with Crippen molar-refractivity contribution in [1.29, 1.82) is 0 Å². The fourth-order valence-corrected chi connectivity index (χ4v) is 2.57. The zero-order valence-electron chi connectivity index (χ0n) is 8.96. The predicted molar refractivity (Wildman–Crippen MR) is 50.4 cm³/mol. The summed E-state index contributed by atoms with van der Waals surface area (Å²) in [4.78, 5) is 0. The van der Waals surface area contributed by atoms with E-state index >= 15 is 0 Å². The predicted octanol–water partition coefficient (Wildman–Crippen LogP) is 1.55. The molecule has 1 N–H and O–H groups in total. The van der Waals surface area contributed by atoms with Crippen LogP contribution in [0.15, 0.2) is 0 Å². The molecule has 1 rings (SSSR count). The van der Waals surface area contributed by atoms with Gasteiger partial charge < -0.3 is 14.6 Å². The highest BCUT2D eigenvalue weighted by Gasteiger charge is 2.54. The molecule has 0 bridgehead atoms. The summed E-state index contributed by atoms with van der Waals surface area (Å²) in [6, 6.07) is 0. The summed E-state index contributed by atoms with van der Waals surface area (Å²) in [6.07, 6.45) is 2.81. The summed E-state index contributed by atoms with van der Waals surface area (Å²) in [6.45, 7) is 3.84. The number of methoxy groups -OCH3 is 2. The minimum absolute atomic E-state index is 0.228. The van der Waals surface area contributed by atoms with Crippen LogP contribution in [0, 0.1) is 5.92 Å². The molecule has 1 aliphatic carbocycles. The van der Waals surface area contributed by atoms with Gasteiger partial charge in [0.2, 0.25) is 0 Å². The Kier molecular flexibility index (Phi) is 3.00. The Balaban J connectivity index is 2.96. The van der Waals surface area contributed by atoms with Gasteiger partial charge in [0, 0.05) is 20.1 Å². The van der Waals surface area contributed by atoms with E-state index in [1.807, 2.05) is 0 Å². The molecule has 0 spiro atoms. The van der Waals surface area contributed by atoms with Crippen molar-refractivity contribution in [2.75, 3.05) is 14.2 Å². The fourth-order valence-electron chi connectivity index (χ4n) is 2.57. The van der Waals surface area contributed by atoms with E-state index in [4.69, 9.17) is 9.47 Å². The fraction of sp³-hybridized carbons (Fsp3) is 1.00. The van der Waals surface area contributed by atoms with Crippen molar-refractivity contribution in [2.45, 2.75) is 44.5 Å². The van der Waals surface area contributed by atoms with Gasteiger partial charge in [-0.05, 0) is 26.2 Å². The van der Waals surface area contributed by atoms with Gasteiger partial charge in [-0.25, -0.2) is 0 Å². The SMILES string of the molecule is COC1(OC)C(C)CCCC1(C)O. The van der Waals surface area contributed by atoms with E-state index in [-0.39, 0.29) is 5.92 Å². The molecule has 0 saturated heterocycles. The first-order valence-corrected chi connectivity index (χ1v) is 4.83. The number of hydrogen-bond acceptors (Lipinski definition) is 3. The molecule has 13 heavy (non-hydrogen) atoms. The lowest BCUT2D eigenvalue weighted by Crippen LogP contribution is -2.61. The number of hydrogen-bond donors (Lipinski definition) is 1. The first-order chi connectivity index (χ1) is 6.00. The van der Waals surface area contributed by atoms with Crippen LogP contribution in [0.4, 0.5) is 0 Å². The van der Waals surface area contributed by atoms with E-state index in [9.17, 15) is 5.11 Å². The average Bonchev–Trinajstić information content (AvgIpc) is 2.05. The monoisotopic (exact) mass is 188 g/mol. The molecule has 0 aromatic carbocycles. The summed E-state index contributed by atoms with van der Waals surface area (Å²) >= 11 is 0. The van der Waals surface area contributed by atoms with Crippen molar-refractivity contribution >= 4 is 0 Å². The third kappa shape index (κ3) is 1.49. The van der Waals surface area contributed by atoms with Crippen LogP contribution in [-0.4, -0.2) is 30.7 Å². The van der Waals surface area contributed by atoms with Crippen LogP contribution in [0.2, 0.25) is 0 Å². The summed E-state index contributed by atoms with van der Waals surface area (Å²) in [5.41, 5.74) is -0.881. The first kappa shape index (κ1) is 11.0. The van der Waals surface area contributed by atoms with E-state index in [0.717, 1.165) is 19.3 Å². The van der Waals surface area contributed by atoms with Crippen LogP contribution >= 0.6 is 0 Å². The second kappa shape index (κ2) is 3.56. The smallest absolute Gasteiger partial charge is 0.199 e. The van der Waals surface area contributed by atoms with Gasteiger partial charge in [0.05, 0.1) is 0 Å². The normalized spacial score (nSPS) is 39.0. The third-order valence-electron chi connectivity index (χ3n) is 3.31. The number of ether oxygens (including phenoxy) is 2. The van der Waals surface area contributed by atoms with Gasteiger partial charge in [-0.1, -0.05) is 6.92 Å². The van der Waals surface area contributed by atoms with Crippen molar-refractivity contribution in [3.05, 3.63) is 0 Å². The average molecular weight is 188 g/mol. The van der Waals surface area contributed by atoms with Crippen LogP contribution in [0.1, 0.15) is 33.1 Å². The topological polar surface area (TPSA) is 38.7 Å². The summed E-state index contributed by atoms with van der Waals surface area (Å²) in [7, 11) is 3.19. The lowest BCUT2D eigenvalue weighted by molar-refractivity contribution is -0.332. The lowest BCUT2D eigenvalue weighted by Gasteiger charge is -2.49. The Morgan fingerprint density at radius 3 is 2.15 bits per heavy atom. The first-order valence-electron chi connectivity index (χ1n) is 4.83. The molecule has 1 saturated carbocycles. The standard InChI is InChI=1S/C10H20O3/c1-8-6-5-7-9(2,11)10(8,12-3)13-4/h8,11H,5-7H2,1-4H3. The van der Waals surface area contributed by atoms with E-state index in [1.165, 1.54) is 0 Å². The zero-order valence-corrected chi connectivity index (χ0v) is 8.96.